The lowest BCUT2D eigenvalue weighted by Crippen LogP contribution is -1.85. The molecule has 0 radical (unpaired) electrons. The van der Waals surface area contributed by atoms with Gasteiger partial charge in [0.15, 0.2) is 0 Å². The fourth-order valence-corrected chi connectivity index (χ4v) is 1.62. The minimum Gasteiger partial charge on any atom is -0.153 e. The molecule has 0 aromatic heterocycles. The van der Waals surface area contributed by atoms with Gasteiger partial charge in [-0.05, 0) is 27.7 Å². The Morgan fingerprint density at radius 1 is 1.00 bits per heavy atom. The van der Waals surface area contributed by atoms with Crippen LogP contribution in [0.15, 0.2) is 23.3 Å². The van der Waals surface area contributed by atoms with Gasteiger partial charge in [0.25, 0.3) is 0 Å². The van der Waals surface area contributed by atoms with Crippen molar-refractivity contribution in [2.24, 2.45) is 0 Å². The Morgan fingerprint density at radius 3 is 1.64 bits per heavy atom. The van der Waals surface area contributed by atoms with Gasteiger partial charge in [0.1, 0.15) is 0 Å². The smallest absolute Gasteiger partial charge is 0.0143 e. The molecule has 0 atom stereocenters. The van der Waals surface area contributed by atoms with Crippen molar-refractivity contribution in [1.82, 2.24) is 0 Å². The second-order valence-electron chi connectivity index (χ2n) is 2.76. The van der Waals surface area contributed by atoms with Gasteiger partial charge in [0.2, 0.25) is 0 Å². The standard InChI is InChI=1S/C10H18S/c1-5-9(3)7-11-8-10(4)6-2/h5-6H,7-8H2,1-4H3/b9-5+,10-6+. The summed E-state index contributed by atoms with van der Waals surface area (Å²) in [4.78, 5) is 0. The van der Waals surface area contributed by atoms with Gasteiger partial charge in [-0.25, -0.2) is 0 Å². The minimum atomic E-state index is 1.17. The van der Waals surface area contributed by atoms with Crippen LogP contribution < -0.4 is 0 Å². The van der Waals surface area contributed by atoms with E-state index >= 15 is 0 Å². The first-order valence-electron chi connectivity index (χ1n) is 4.02. The van der Waals surface area contributed by atoms with Crippen molar-refractivity contribution < 1.29 is 0 Å². The summed E-state index contributed by atoms with van der Waals surface area (Å²) in [5.41, 5.74) is 2.94. The molecular weight excluding hydrogens is 152 g/mol. The molecule has 0 aliphatic carbocycles. The Kier molecular flexibility index (Phi) is 6.43. The summed E-state index contributed by atoms with van der Waals surface area (Å²) in [7, 11) is 0. The monoisotopic (exact) mass is 170 g/mol. The van der Waals surface area contributed by atoms with E-state index in [4.69, 9.17) is 0 Å². The number of allylic oxidation sites excluding steroid dienone is 2. The normalized spacial score (nSPS) is 13.8. The molecule has 0 rings (SSSR count). The lowest BCUT2D eigenvalue weighted by Gasteiger charge is -2.00. The number of hydrogen-bond acceptors (Lipinski definition) is 1. The summed E-state index contributed by atoms with van der Waals surface area (Å²) in [6.45, 7) is 8.55. The molecule has 0 fully saturated rings. The van der Waals surface area contributed by atoms with E-state index in [9.17, 15) is 0 Å². The third-order valence-electron chi connectivity index (χ3n) is 1.65. The van der Waals surface area contributed by atoms with Crippen LogP contribution >= 0.6 is 11.8 Å². The fraction of sp³-hybridized carbons (Fsp3) is 0.600. The molecule has 0 heterocycles. The zero-order chi connectivity index (χ0) is 8.69. The van der Waals surface area contributed by atoms with Crippen LogP contribution in [0, 0.1) is 0 Å². The van der Waals surface area contributed by atoms with Crippen LogP contribution in [0.25, 0.3) is 0 Å². The molecule has 0 N–H and O–H groups in total. The van der Waals surface area contributed by atoms with E-state index in [-0.39, 0.29) is 0 Å². The SMILES string of the molecule is C/C=C(\C)CSC/C(C)=C/C. The largest absolute Gasteiger partial charge is 0.153 e. The molecule has 64 valence electrons. The number of hydrogen-bond donors (Lipinski definition) is 0. The Labute approximate surface area is 74.8 Å². The van der Waals surface area contributed by atoms with Crippen LogP contribution in [0.4, 0.5) is 0 Å². The summed E-state index contributed by atoms with van der Waals surface area (Å²) >= 11 is 1.98. The van der Waals surface area contributed by atoms with Gasteiger partial charge >= 0.3 is 0 Å². The van der Waals surface area contributed by atoms with Gasteiger partial charge in [-0.3, -0.25) is 0 Å². The van der Waals surface area contributed by atoms with Crippen LogP contribution in [0.5, 0.6) is 0 Å². The zero-order valence-corrected chi connectivity index (χ0v) is 8.79. The lowest BCUT2D eigenvalue weighted by atomic mass is 10.3. The number of rotatable bonds is 4. The van der Waals surface area contributed by atoms with Gasteiger partial charge < -0.3 is 0 Å². The van der Waals surface area contributed by atoms with Crippen LogP contribution in [0.1, 0.15) is 27.7 Å². The van der Waals surface area contributed by atoms with Crippen LogP contribution in [0.2, 0.25) is 0 Å². The predicted molar refractivity (Wildman–Crippen MR) is 56.2 cm³/mol. The van der Waals surface area contributed by atoms with E-state index in [0.717, 1.165) is 0 Å². The average molecular weight is 170 g/mol. The maximum absolute atomic E-state index is 2.18. The highest BCUT2D eigenvalue weighted by Gasteiger charge is 1.90. The molecule has 0 bridgehead atoms. The highest BCUT2D eigenvalue weighted by molar-refractivity contribution is 7.99. The third kappa shape index (κ3) is 6.24. The molecule has 0 aromatic carbocycles. The van der Waals surface area contributed by atoms with Crippen molar-refractivity contribution in [3.63, 3.8) is 0 Å². The fourth-order valence-electron chi connectivity index (χ4n) is 0.540. The van der Waals surface area contributed by atoms with E-state index in [1.165, 1.54) is 22.7 Å². The first-order chi connectivity index (χ1) is 5.20. The van der Waals surface area contributed by atoms with Gasteiger partial charge in [-0.15, -0.1) is 0 Å². The van der Waals surface area contributed by atoms with Crippen molar-refractivity contribution in [2.45, 2.75) is 27.7 Å². The summed E-state index contributed by atoms with van der Waals surface area (Å²) in [6, 6.07) is 0. The van der Waals surface area contributed by atoms with Crippen LogP contribution in [-0.4, -0.2) is 11.5 Å². The molecule has 0 aliphatic heterocycles. The van der Waals surface area contributed by atoms with Crippen molar-refractivity contribution in [3.8, 4) is 0 Å². The molecule has 0 aliphatic rings. The van der Waals surface area contributed by atoms with E-state index in [1.54, 1.807) is 0 Å². The van der Waals surface area contributed by atoms with Crippen molar-refractivity contribution in [3.05, 3.63) is 23.3 Å². The highest BCUT2D eigenvalue weighted by Crippen LogP contribution is 2.10. The second-order valence-corrected chi connectivity index (χ2v) is 3.75. The van der Waals surface area contributed by atoms with E-state index in [0.29, 0.717) is 0 Å². The molecule has 0 amide bonds. The van der Waals surface area contributed by atoms with Crippen LogP contribution in [0.3, 0.4) is 0 Å². The van der Waals surface area contributed by atoms with Gasteiger partial charge in [-0.1, -0.05) is 23.3 Å². The third-order valence-corrected chi connectivity index (χ3v) is 2.96. The van der Waals surface area contributed by atoms with Crippen LogP contribution in [-0.2, 0) is 0 Å². The minimum absolute atomic E-state index is 1.17. The maximum atomic E-state index is 2.18. The summed E-state index contributed by atoms with van der Waals surface area (Å²) in [6.07, 6.45) is 4.36. The Hall–Kier alpha value is -0.170. The predicted octanol–water partition coefficient (Wildman–Crippen LogP) is 3.65. The van der Waals surface area contributed by atoms with Crippen molar-refractivity contribution in [1.29, 1.82) is 0 Å². The zero-order valence-electron chi connectivity index (χ0n) is 7.98. The lowest BCUT2D eigenvalue weighted by molar-refractivity contribution is 1.35. The molecular formula is C10H18S. The molecule has 0 nitrogen and oxygen atoms in total. The Bertz CT molecular complexity index is 136. The first kappa shape index (κ1) is 10.8. The summed E-state index contributed by atoms with van der Waals surface area (Å²) in [5.74, 6) is 2.34. The molecule has 1 heteroatoms. The topological polar surface area (TPSA) is 0 Å². The summed E-state index contributed by atoms with van der Waals surface area (Å²) < 4.78 is 0. The molecule has 0 saturated carbocycles. The van der Waals surface area contributed by atoms with E-state index < -0.39 is 0 Å². The van der Waals surface area contributed by atoms with E-state index in [1.807, 2.05) is 11.8 Å². The first-order valence-corrected chi connectivity index (χ1v) is 5.17. The maximum Gasteiger partial charge on any atom is 0.0143 e. The van der Waals surface area contributed by atoms with Crippen molar-refractivity contribution in [2.75, 3.05) is 11.5 Å². The van der Waals surface area contributed by atoms with Gasteiger partial charge in [0, 0.05) is 11.5 Å². The molecule has 0 saturated heterocycles. The Morgan fingerprint density at radius 2 is 1.36 bits per heavy atom. The Balaban J connectivity index is 3.43. The highest BCUT2D eigenvalue weighted by atomic mass is 32.2. The molecule has 0 unspecified atom stereocenters. The molecule has 11 heavy (non-hydrogen) atoms. The average Bonchev–Trinajstić information content (AvgIpc) is 2.04. The van der Waals surface area contributed by atoms with Crippen molar-refractivity contribution >= 4 is 11.8 Å². The van der Waals surface area contributed by atoms with Gasteiger partial charge in [-0.2, -0.15) is 11.8 Å². The summed E-state index contributed by atoms with van der Waals surface area (Å²) in [5, 5.41) is 0. The molecule has 0 aromatic rings. The quantitative estimate of drug-likeness (QED) is 0.580. The number of thioether (sulfide) groups is 1. The van der Waals surface area contributed by atoms with Gasteiger partial charge in [0.05, 0.1) is 0 Å². The second kappa shape index (κ2) is 6.53. The van der Waals surface area contributed by atoms with E-state index in [2.05, 4.69) is 39.8 Å². The molecule has 0 spiro atoms.